The maximum Gasteiger partial charge on any atom is 0.150 e. The van der Waals surface area contributed by atoms with Crippen LogP contribution in [0, 0.1) is 0 Å². The number of rotatable bonds is 2. The molecule has 0 aromatic heterocycles. The molecule has 0 amide bonds. The molecule has 2 fully saturated rings. The van der Waals surface area contributed by atoms with E-state index in [9.17, 15) is 0 Å². The van der Waals surface area contributed by atoms with Crippen LogP contribution in [-0.2, 0) is 4.74 Å². The lowest BCUT2D eigenvalue weighted by Crippen LogP contribution is -2.12. The standard InChI is InChI=1S/C9H16OS2/c1-2-4-8(5-3-1)12-9-10-6-7-11-9/h8-9H,1-7H2. The monoisotopic (exact) mass is 204 g/mol. The van der Waals surface area contributed by atoms with Gasteiger partial charge in [-0.15, -0.1) is 23.5 Å². The maximum atomic E-state index is 5.58. The highest BCUT2D eigenvalue weighted by Crippen LogP contribution is 2.38. The van der Waals surface area contributed by atoms with Crippen molar-refractivity contribution >= 4 is 23.5 Å². The molecule has 1 atom stereocenters. The largest absolute Gasteiger partial charge is 0.357 e. The molecule has 70 valence electrons. The molecule has 0 aromatic carbocycles. The van der Waals surface area contributed by atoms with Gasteiger partial charge in [-0.3, -0.25) is 0 Å². The van der Waals surface area contributed by atoms with E-state index in [0.717, 1.165) is 11.9 Å². The second-order valence-electron chi connectivity index (χ2n) is 3.43. The number of thioether (sulfide) groups is 2. The Bertz CT molecular complexity index is 128. The summed E-state index contributed by atoms with van der Waals surface area (Å²) in [6.45, 7) is 0.967. The summed E-state index contributed by atoms with van der Waals surface area (Å²) in [5, 5.41) is 0.898. The minimum absolute atomic E-state index is 0.466. The Morgan fingerprint density at radius 2 is 2.00 bits per heavy atom. The first-order valence-electron chi connectivity index (χ1n) is 4.84. The van der Waals surface area contributed by atoms with Gasteiger partial charge in [-0.2, -0.15) is 0 Å². The van der Waals surface area contributed by atoms with Gasteiger partial charge < -0.3 is 4.74 Å². The van der Waals surface area contributed by atoms with E-state index in [0.29, 0.717) is 4.77 Å². The first kappa shape index (κ1) is 9.22. The molecule has 1 unspecified atom stereocenters. The lowest BCUT2D eigenvalue weighted by Gasteiger charge is -2.22. The molecule has 0 radical (unpaired) electrons. The number of hydrogen-bond acceptors (Lipinski definition) is 3. The van der Waals surface area contributed by atoms with Gasteiger partial charge in [0.2, 0.25) is 0 Å². The van der Waals surface area contributed by atoms with Crippen LogP contribution in [0.25, 0.3) is 0 Å². The first-order chi connectivity index (χ1) is 5.95. The lowest BCUT2D eigenvalue weighted by molar-refractivity contribution is 0.196. The van der Waals surface area contributed by atoms with Gasteiger partial charge in [0.15, 0.2) is 0 Å². The molecule has 1 nitrogen and oxygen atoms in total. The highest BCUT2D eigenvalue weighted by atomic mass is 32.2. The summed E-state index contributed by atoms with van der Waals surface area (Å²) in [4.78, 5) is 0. The molecule has 1 saturated carbocycles. The van der Waals surface area contributed by atoms with E-state index in [4.69, 9.17) is 4.74 Å². The van der Waals surface area contributed by atoms with Crippen molar-refractivity contribution in [2.24, 2.45) is 0 Å². The van der Waals surface area contributed by atoms with Crippen molar-refractivity contribution in [2.75, 3.05) is 12.4 Å². The van der Waals surface area contributed by atoms with Crippen LogP contribution in [0.1, 0.15) is 32.1 Å². The summed E-state index contributed by atoms with van der Waals surface area (Å²) < 4.78 is 6.05. The Morgan fingerprint density at radius 3 is 2.67 bits per heavy atom. The molecule has 1 heterocycles. The van der Waals surface area contributed by atoms with Crippen molar-refractivity contribution in [3.8, 4) is 0 Å². The highest BCUT2D eigenvalue weighted by molar-refractivity contribution is 8.17. The third kappa shape index (κ3) is 2.57. The number of hydrogen-bond donors (Lipinski definition) is 0. The minimum atomic E-state index is 0.466. The highest BCUT2D eigenvalue weighted by Gasteiger charge is 2.22. The van der Waals surface area contributed by atoms with Crippen LogP contribution in [0.2, 0.25) is 0 Å². The van der Waals surface area contributed by atoms with Crippen LogP contribution in [-0.4, -0.2) is 22.4 Å². The molecule has 1 saturated heterocycles. The fourth-order valence-electron chi connectivity index (χ4n) is 1.77. The Morgan fingerprint density at radius 1 is 1.17 bits per heavy atom. The Kier molecular flexibility index (Phi) is 3.67. The van der Waals surface area contributed by atoms with Gasteiger partial charge in [0.25, 0.3) is 0 Å². The van der Waals surface area contributed by atoms with E-state index >= 15 is 0 Å². The minimum Gasteiger partial charge on any atom is -0.357 e. The maximum absolute atomic E-state index is 5.58. The summed E-state index contributed by atoms with van der Waals surface area (Å²) >= 11 is 4.05. The summed E-state index contributed by atoms with van der Waals surface area (Å²) in [6.07, 6.45) is 7.18. The van der Waals surface area contributed by atoms with E-state index in [1.807, 2.05) is 11.8 Å². The fourth-order valence-corrected chi connectivity index (χ4v) is 4.52. The average molecular weight is 204 g/mol. The van der Waals surface area contributed by atoms with E-state index in [-0.39, 0.29) is 0 Å². The van der Waals surface area contributed by atoms with E-state index in [2.05, 4.69) is 11.8 Å². The lowest BCUT2D eigenvalue weighted by atomic mass is 10.0. The van der Waals surface area contributed by atoms with Gasteiger partial charge in [0, 0.05) is 11.0 Å². The van der Waals surface area contributed by atoms with Gasteiger partial charge in [-0.1, -0.05) is 19.3 Å². The smallest absolute Gasteiger partial charge is 0.150 e. The molecule has 0 spiro atoms. The fraction of sp³-hybridized carbons (Fsp3) is 1.00. The zero-order valence-electron chi connectivity index (χ0n) is 7.33. The molecule has 12 heavy (non-hydrogen) atoms. The Hall–Kier alpha value is 0.660. The predicted octanol–water partition coefficient (Wildman–Crippen LogP) is 3.10. The SMILES string of the molecule is C1CCC(SC2OCCS2)CC1. The molecular formula is C9H16OS2. The van der Waals surface area contributed by atoms with Crippen LogP contribution in [0.15, 0.2) is 0 Å². The van der Waals surface area contributed by atoms with Crippen molar-refractivity contribution in [3.63, 3.8) is 0 Å². The summed E-state index contributed by atoms with van der Waals surface area (Å²) in [5.74, 6) is 1.20. The van der Waals surface area contributed by atoms with Crippen molar-refractivity contribution in [2.45, 2.75) is 42.1 Å². The topological polar surface area (TPSA) is 9.23 Å². The predicted molar refractivity (Wildman–Crippen MR) is 56.7 cm³/mol. The third-order valence-corrected chi connectivity index (χ3v) is 5.21. The molecule has 1 aliphatic heterocycles. The molecule has 2 rings (SSSR count). The van der Waals surface area contributed by atoms with Crippen LogP contribution in [0.4, 0.5) is 0 Å². The quantitative estimate of drug-likeness (QED) is 0.684. The van der Waals surface area contributed by atoms with Gasteiger partial charge in [-0.25, -0.2) is 0 Å². The van der Waals surface area contributed by atoms with E-state index in [1.54, 1.807) is 0 Å². The Labute approximate surface area is 83.0 Å². The summed E-state index contributed by atoms with van der Waals surface area (Å²) in [5.41, 5.74) is 0. The number of ether oxygens (including phenoxy) is 1. The van der Waals surface area contributed by atoms with Crippen LogP contribution >= 0.6 is 23.5 Å². The van der Waals surface area contributed by atoms with Gasteiger partial charge in [0.05, 0.1) is 6.61 Å². The summed E-state index contributed by atoms with van der Waals surface area (Å²) in [6, 6.07) is 0. The second kappa shape index (κ2) is 4.77. The van der Waals surface area contributed by atoms with Gasteiger partial charge in [-0.05, 0) is 12.8 Å². The molecule has 3 heteroatoms. The van der Waals surface area contributed by atoms with E-state index in [1.165, 1.54) is 37.9 Å². The zero-order valence-corrected chi connectivity index (χ0v) is 8.96. The second-order valence-corrected chi connectivity index (χ2v) is 6.26. The molecule has 1 aliphatic carbocycles. The summed E-state index contributed by atoms with van der Waals surface area (Å²) in [7, 11) is 0. The van der Waals surface area contributed by atoms with Crippen molar-refractivity contribution < 1.29 is 4.74 Å². The third-order valence-electron chi connectivity index (χ3n) is 2.45. The molecule has 2 aliphatic rings. The van der Waals surface area contributed by atoms with E-state index < -0.39 is 0 Å². The van der Waals surface area contributed by atoms with Crippen LogP contribution in [0.5, 0.6) is 0 Å². The molecule has 0 N–H and O–H groups in total. The average Bonchev–Trinajstić information content (AvgIpc) is 2.59. The Balaban J connectivity index is 1.69. The molecular weight excluding hydrogens is 188 g/mol. The normalized spacial score (nSPS) is 32.5. The first-order valence-corrected chi connectivity index (χ1v) is 6.83. The van der Waals surface area contributed by atoms with Crippen LogP contribution in [0.3, 0.4) is 0 Å². The molecule has 0 aromatic rings. The van der Waals surface area contributed by atoms with Gasteiger partial charge >= 0.3 is 0 Å². The molecule has 0 bridgehead atoms. The van der Waals surface area contributed by atoms with Gasteiger partial charge in [0.1, 0.15) is 4.77 Å². The van der Waals surface area contributed by atoms with Crippen molar-refractivity contribution in [1.29, 1.82) is 0 Å². The van der Waals surface area contributed by atoms with Crippen LogP contribution < -0.4 is 0 Å². The zero-order chi connectivity index (χ0) is 8.23. The van der Waals surface area contributed by atoms with Crippen molar-refractivity contribution in [3.05, 3.63) is 0 Å². The van der Waals surface area contributed by atoms with Crippen molar-refractivity contribution in [1.82, 2.24) is 0 Å².